The fraction of sp³-hybridized carbons (Fsp3) is 0.545. The molecule has 0 atom stereocenters. The van der Waals surface area contributed by atoms with Crippen LogP contribution in [-0.4, -0.2) is 24.7 Å². The van der Waals surface area contributed by atoms with Gasteiger partial charge in [0.1, 0.15) is 5.82 Å². The Labute approximate surface area is 90.0 Å². The van der Waals surface area contributed by atoms with Crippen LogP contribution in [0.5, 0.6) is 5.88 Å². The van der Waals surface area contributed by atoms with Gasteiger partial charge in [0.25, 0.3) is 0 Å². The van der Waals surface area contributed by atoms with Crippen molar-refractivity contribution >= 4 is 11.5 Å². The zero-order valence-corrected chi connectivity index (χ0v) is 9.23. The number of ether oxygens (including phenoxy) is 1. The van der Waals surface area contributed by atoms with Gasteiger partial charge in [-0.15, -0.1) is 0 Å². The summed E-state index contributed by atoms with van der Waals surface area (Å²) in [5.41, 5.74) is 6.36. The van der Waals surface area contributed by atoms with Gasteiger partial charge in [-0.1, -0.05) is 0 Å². The molecule has 0 radical (unpaired) electrons. The topological polar surface area (TPSA) is 51.4 Å². The minimum Gasteiger partial charge on any atom is -0.476 e. The van der Waals surface area contributed by atoms with Gasteiger partial charge < -0.3 is 15.4 Å². The molecule has 1 fully saturated rings. The van der Waals surface area contributed by atoms with Crippen LogP contribution < -0.4 is 15.4 Å². The van der Waals surface area contributed by atoms with E-state index in [4.69, 9.17) is 10.5 Å². The van der Waals surface area contributed by atoms with Crippen molar-refractivity contribution in [1.29, 1.82) is 0 Å². The number of aromatic nitrogens is 1. The molecule has 4 heteroatoms. The van der Waals surface area contributed by atoms with E-state index in [1.165, 1.54) is 12.8 Å². The number of nitrogen functional groups attached to an aromatic ring is 1. The fourth-order valence-corrected chi connectivity index (χ4v) is 1.54. The summed E-state index contributed by atoms with van der Waals surface area (Å²) in [6.45, 7) is 2.52. The Morgan fingerprint density at radius 3 is 2.87 bits per heavy atom. The lowest BCUT2D eigenvalue weighted by Crippen LogP contribution is -2.20. The number of hydrogen-bond acceptors (Lipinski definition) is 4. The summed E-state index contributed by atoms with van der Waals surface area (Å²) in [4.78, 5) is 6.58. The molecule has 0 amide bonds. The predicted octanol–water partition coefficient (Wildman–Crippen LogP) is 1.66. The average molecular weight is 207 g/mol. The molecule has 15 heavy (non-hydrogen) atoms. The highest BCUT2D eigenvalue weighted by atomic mass is 16.5. The molecule has 1 aromatic heterocycles. The molecule has 1 heterocycles. The van der Waals surface area contributed by atoms with Crippen LogP contribution in [0.2, 0.25) is 0 Å². The summed E-state index contributed by atoms with van der Waals surface area (Å²) < 4.78 is 5.36. The summed E-state index contributed by atoms with van der Waals surface area (Å²) in [6.07, 6.45) is 2.51. The smallest absolute Gasteiger partial charge is 0.239 e. The molecule has 0 unspecified atom stereocenters. The van der Waals surface area contributed by atoms with Crippen molar-refractivity contribution in [3.8, 4) is 5.88 Å². The Hall–Kier alpha value is -1.45. The van der Waals surface area contributed by atoms with Gasteiger partial charge in [-0.05, 0) is 31.9 Å². The minimum atomic E-state index is 0.544. The molecule has 0 aliphatic heterocycles. The van der Waals surface area contributed by atoms with E-state index in [1.54, 1.807) is 0 Å². The maximum Gasteiger partial charge on any atom is 0.239 e. The molecule has 0 bridgehead atoms. The molecule has 1 saturated carbocycles. The van der Waals surface area contributed by atoms with Crippen molar-refractivity contribution in [2.75, 3.05) is 24.3 Å². The zero-order valence-electron chi connectivity index (χ0n) is 9.23. The number of nitrogens with two attached hydrogens (primary N) is 1. The highest BCUT2D eigenvalue weighted by Crippen LogP contribution is 2.31. The van der Waals surface area contributed by atoms with Crippen molar-refractivity contribution in [3.05, 3.63) is 12.1 Å². The molecule has 0 spiro atoms. The van der Waals surface area contributed by atoms with Gasteiger partial charge in [0, 0.05) is 13.1 Å². The fourth-order valence-electron chi connectivity index (χ4n) is 1.54. The van der Waals surface area contributed by atoms with E-state index >= 15 is 0 Å². The maximum absolute atomic E-state index is 5.76. The molecule has 2 N–H and O–H groups in total. The molecular formula is C11H17N3O. The molecule has 0 saturated heterocycles. The van der Waals surface area contributed by atoms with Gasteiger partial charge in [-0.25, -0.2) is 0 Å². The molecule has 1 aromatic rings. The lowest BCUT2D eigenvalue weighted by Gasteiger charge is -2.18. The lowest BCUT2D eigenvalue weighted by atomic mass is 10.3. The van der Waals surface area contributed by atoms with Crippen LogP contribution >= 0.6 is 0 Å². The number of nitrogens with zero attached hydrogens (tertiary/aromatic N) is 2. The van der Waals surface area contributed by atoms with E-state index in [1.807, 2.05) is 19.1 Å². The summed E-state index contributed by atoms with van der Waals surface area (Å²) in [6, 6.07) is 4.44. The van der Waals surface area contributed by atoms with Crippen molar-refractivity contribution in [2.45, 2.75) is 25.8 Å². The van der Waals surface area contributed by atoms with Gasteiger partial charge >= 0.3 is 0 Å². The quantitative estimate of drug-likeness (QED) is 0.815. The SMILES string of the molecule is CCOc1nc(N(C)C2CC2)ccc1N. The Bertz CT molecular complexity index is 350. The van der Waals surface area contributed by atoms with E-state index in [0.29, 0.717) is 24.2 Å². The lowest BCUT2D eigenvalue weighted by molar-refractivity contribution is 0.329. The summed E-state index contributed by atoms with van der Waals surface area (Å²) in [5.74, 6) is 1.48. The third-order valence-corrected chi connectivity index (χ3v) is 2.61. The van der Waals surface area contributed by atoms with E-state index in [9.17, 15) is 0 Å². The highest BCUT2D eigenvalue weighted by molar-refractivity contribution is 5.55. The number of rotatable bonds is 4. The van der Waals surface area contributed by atoms with Crippen LogP contribution in [0.25, 0.3) is 0 Å². The van der Waals surface area contributed by atoms with Crippen LogP contribution in [0, 0.1) is 0 Å². The van der Waals surface area contributed by atoms with Crippen molar-refractivity contribution in [2.24, 2.45) is 0 Å². The molecule has 2 rings (SSSR count). The van der Waals surface area contributed by atoms with E-state index in [-0.39, 0.29) is 0 Å². The van der Waals surface area contributed by atoms with Crippen LogP contribution in [-0.2, 0) is 0 Å². The maximum atomic E-state index is 5.76. The Morgan fingerprint density at radius 2 is 2.27 bits per heavy atom. The molecule has 0 aromatic carbocycles. The van der Waals surface area contributed by atoms with E-state index < -0.39 is 0 Å². The van der Waals surface area contributed by atoms with Gasteiger partial charge in [0.05, 0.1) is 12.3 Å². The first kappa shape index (κ1) is 10.1. The summed E-state index contributed by atoms with van der Waals surface area (Å²) in [5, 5.41) is 0. The van der Waals surface area contributed by atoms with Gasteiger partial charge in [-0.2, -0.15) is 4.98 Å². The second-order valence-corrected chi connectivity index (χ2v) is 3.84. The van der Waals surface area contributed by atoms with Crippen LogP contribution in [0.1, 0.15) is 19.8 Å². The largest absolute Gasteiger partial charge is 0.476 e. The third kappa shape index (κ3) is 2.14. The normalized spacial score (nSPS) is 15.1. The van der Waals surface area contributed by atoms with Gasteiger partial charge in [0.2, 0.25) is 5.88 Å². The second kappa shape index (κ2) is 3.96. The van der Waals surface area contributed by atoms with Crippen LogP contribution in [0.15, 0.2) is 12.1 Å². The Kier molecular flexibility index (Phi) is 2.66. The number of pyridine rings is 1. The molecule has 4 nitrogen and oxygen atoms in total. The van der Waals surface area contributed by atoms with Gasteiger partial charge in [-0.3, -0.25) is 0 Å². The molecular weight excluding hydrogens is 190 g/mol. The van der Waals surface area contributed by atoms with E-state index in [2.05, 4.69) is 16.9 Å². The highest BCUT2D eigenvalue weighted by Gasteiger charge is 2.27. The van der Waals surface area contributed by atoms with Crippen LogP contribution in [0.3, 0.4) is 0 Å². The van der Waals surface area contributed by atoms with E-state index in [0.717, 1.165) is 5.82 Å². The van der Waals surface area contributed by atoms with Crippen molar-refractivity contribution < 1.29 is 4.74 Å². The molecule has 1 aliphatic carbocycles. The summed E-state index contributed by atoms with van der Waals surface area (Å²) >= 11 is 0. The molecule has 1 aliphatic rings. The number of anilines is 2. The van der Waals surface area contributed by atoms with Crippen LogP contribution in [0.4, 0.5) is 11.5 Å². The third-order valence-electron chi connectivity index (χ3n) is 2.61. The predicted molar refractivity (Wildman–Crippen MR) is 61.2 cm³/mol. The summed E-state index contributed by atoms with van der Waals surface area (Å²) in [7, 11) is 2.06. The monoisotopic (exact) mass is 207 g/mol. The minimum absolute atomic E-state index is 0.544. The van der Waals surface area contributed by atoms with Gasteiger partial charge in [0.15, 0.2) is 0 Å². The van der Waals surface area contributed by atoms with Crippen molar-refractivity contribution in [3.63, 3.8) is 0 Å². The first-order valence-corrected chi connectivity index (χ1v) is 5.34. The number of hydrogen-bond donors (Lipinski definition) is 1. The Morgan fingerprint density at radius 1 is 1.53 bits per heavy atom. The molecule has 82 valence electrons. The second-order valence-electron chi connectivity index (χ2n) is 3.84. The van der Waals surface area contributed by atoms with Crippen molar-refractivity contribution in [1.82, 2.24) is 4.98 Å². The zero-order chi connectivity index (χ0) is 10.8. The first-order chi connectivity index (χ1) is 7.22. The first-order valence-electron chi connectivity index (χ1n) is 5.34. The Balaban J connectivity index is 2.20. The average Bonchev–Trinajstić information content (AvgIpc) is 3.04. The standard InChI is InChI=1S/C11H17N3O/c1-3-15-11-9(12)6-7-10(13-11)14(2)8-4-5-8/h6-8H,3-5,12H2,1-2H3.